The third-order valence-corrected chi connectivity index (χ3v) is 9.06. The Labute approximate surface area is 324 Å². The van der Waals surface area contributed by atoms with Gasteiger partial charge in [0, 0.05) is 49.4 Å². The second-order valence-corrected chi connectivity index (χ2v) is 11.8. The Morgan fingerprint density at radius 2 is 0.765 bits per heavy atom. The van der Waals surface area contributed by atoms with Gasteiger partial charge in [0.2, 0.25) is 0 Å². The standard InChI is InChI=1S/C48H31N3/c1-2-13-32(14-3-1)33-15-12-16-34(29-33)49-45-23-10-6-19-39(45)41-31-36(26-27-47(41)49)51-46-24-11-7-20-40(46)42-30-35(25-28-48(42)51)50-43-21-8-4-17-37(43)38-18-5-9-22-44(38)50/h1-31H/i4D,5D,6D,7D,8D,9D,10D,11D,17D,19D,20D,21D,22D,23D,24D,25D,26D,27D,28D,30D,31D. The highest BCUT2D eigenvalue weighted by Crippen LogP contribution is 2.39. The topological polar surface area (TPSA) is 14.8 Å². The number of aromatic nitrogens is 3. The fraction of sp³-hybridized carbons (Fsp3) is 0. The van der Waals surface area contributed by atoms with E-state index in [0.29, 0.717) is 11.3 Å². The molecule has 3 heteroatoms. The Morgan fingerprint density at radius 1 is 0.314 bits per heavy atom. The van der Waals surface area contributed by atoms with E-state index in [4.69, 9.17) is 15.1 Å². The lowest BCUT2D eigenvalue weighted by Crippen LogP contribution is -1.97. The molecule has 3 aromatic heterocycles. The molecule has 51 heavy (non-hydrogen) atoms. The van der Waals surface area contributed by atoms with Crippen molar-refractivity contribution >= 4 is 65.4 Å². The summed E-state index contributed by atoms with van der Waals surface area (Å²) in [6.07, 6.45) is 0. The number of para-hydroxylation sites is 4. The number of nitrogens with zero attached hydrogens (tertiary/aromatic N) is 3. The summed E-state index contributed by atoms with van der Waals surface area (Å²) < 4.78 is 195. The van der Waals surface area contributed by atoms with Crippen molar-refractivity contribution < 1.29 is 28.8 Å². The lowest BCUT2D eigenvalue weighted by Gasteiger charge is -2.12. The van der Waals surface area contributed by atoms with Crippen LogP contribution >= 0.6 is 0 Å². The molecule has 0 amide bonds. The molecule has 11 aromatic rings. The summed E-state index contributed by atoms with van der Waals surface area (Å²) in [6, 6.07) is 2.44. The fourth-order valence-corrected chi connectivity index (χ4v) is 6.88. The smallest absolute Gasteiger partial charge is 0.0652 e. The van der Waals surface area contributed by atoms with Gasteiger partial charge in [0.25, 0.3) is 0 Å². The van der Waals surface area contributed by atoms with Crippen LogP contribution in [0.15, 0.2) is 188 Å². The van der Waals surface area contributed by atoms with Gasteiger partial charge in [-0.1, -0.05) is 115 Å². The molecule has 0 bridgehead atoms. The zero-order valence-electron chi connectivity index (χ0n) is 47.1. The summed E-state index contributed by atoms with van der Waals surface area (Å²) in [7, 11) is 0. The van der Waals surface area contributed by atoms with Gasteiger partial charge in [-0.25, -0.2) is 0 Å². The predicted molar refractivity (Wildman–Crippen MR) is 215 cm³/mol. The molecule has 0 fully saturated rings. The van der Waals surface area contributed by atoms with Crippen molar-refractivity contribution in [3.05, 3.63) is 188 Å². The van der Waals surface area contributed by atoms with Crippen LogP contribution in [-0.4, -0.2) is 13.7 Å². The highest BCUT2D eigenvalue weighted by molar-refractivity contribution is 6.14. The minimum absolute atomic E-state index is 0.115. The maximum atomic E-state index is 10.0. The maximum absolute atomic E-state index is 10.0. The summed E-state index contributed by atoms with van der Waals surface area (Å²) in [5.74, 6) is 0. The van der Waals surface area contributed by atoms with E-state index >= 15 is 0 Å². The van der Waals surface area contributed by atoms with Crippen molar-refractivity contribution in [2.24, 2.45) is 0 Å². The van der Waals surface area contributed by atoms with Gasteiger partial charge >= 0.3 is 0 Å². The molecule has 0 saturated heterocycles. The molecule has 0 saturated carbocycles. The Bertz CT molecular complexity index is 4340. The Morgan fingerprint density at radius 3 is 1.35 bits per heavy atom. The first kappa shape index (κ1) is 14.6. The van der Waals surface area contributed by atoms with Crippen molar-refractivity contribution in [3.8, 4) is 28.2 Å². The Balaban J connectivity index is 1.35. The van der Waals surface area contributed by atoms with Crippen LogP contribution in [-0.2, 0) is 0 Å². The largest absolute Gasteiger partial charge is 0.309 e. The van der Waals surface area contributed by atoms with E-state index < -0.39 is 160 Å². The van der Waals surface area contributed by atoms with Gasteiger partial charge in [-0.3, -0.25) is 0 Å². The molecule has 0 aliphatic rings. The molecular formula is C48H31N3. The van der Waals surface area contributed by atoms with E-state index in [1.54, 1.807) is 18.2 Å². The third kappa shape index (κ3) is 4.12. The van der Waals surface area contributed by atoms with Crippen LogP contribution in [0.5, 0.6) is 0 Å². The lowest BCUT2D eigenvalue weighted by atomic mass is 10.1. The number of hydrogen-bond donors (Lipinski definition) is 0. The highest BCUT2D eigenvalue weighted by atomic mass is 15.0. The van der Waals surface area contributed by atoms with E-state index in [1.165, 1.54) is 4.57 Å². The van der Waals surface area contributed by atoms with Crippen LogP contribution in [0.1, 0.15) is 28.8 Å². The van der Waals surface area contributed by atoms with Crippen molar-refractivity contribution in [1.29, 1.82) is 0 Å². The molecule has 0 atom stereocenters. The molecule has 3 nitrogen and oxygen atoms in total. The van der Waals surface area contributed by atoms with E-state index in [2.05, 4.69) is 0 Å². The number of rotatable bonds is 4. The second kappa shape index (κ2) is 10.8. The average Bonchev–Trinajstić information content (AvgIpc) is 4.03. The van der Waals surface area contributed by atoms with Gasteiger partial charge in [-0.2, -0.15) is 0 Å². The number of hydrogen-bond acceptors (Lipinski definition) is 0. The molecule has 0 unspecified atom stereocenters. The Hall–Kier alpha value is -6.84. The number of benzene rings is 8. The molecule has 3 heterocycles. The predicted octanol–water partition coefficient (Wildman–Crippen LogP) is 12.6. The summed E-state index contributed by atoms with van der Waals surface area (Å²) >= 11 is 0. The summed E-state index contributed by atoms with van der Waals surface area (Å²) in [4.78, 5) is 0. The molecular weight excluding hydrogens is 619 g/mol. The summed E-state index contributed by atoms with van der Waals surface area (Å²) in [5, 5.41) is -1.76. The van der Waals surface area contributed by atoms with Gasteiger partial charge in [0.15, 0.2) is 0 Å². The zero-order valence-corrected chi connectivity index (χ0v) is 26.1. The number of fused-ring (bicyclic) bond motifs is 9. The van der Waals surface area contributed by atoms with Crippen molar-refractivity contribution in [2.45, 2.75) is 0 Å². The molecule has 238 valence electrons. The molecule has 0 N–H and O–H groups in total. The Kier molecular flexibility index (Phi) is 3.09. The monoisotopic (exact) mass is 670 g/mol. The summed E-state index contributed by atoms with van der Waals surface area (Å²) in [5.41, 5.74) is -1.53. The zero-order chi connectivity index (χ0) is 51.7. The second-order valence-electron chi connectivity index (χ2n) is 11.8. The first-order valence-electron chi connectivity index (χ1n) is 26.3. The van der Waals surface area contributed by atoms with E-state index in [1.807, 2.05) is 36.4 Å². The van der Waals surface area contributed by atoms with E-state index in [0.717, 1.165) is 20.8 Å². The van der Waals surface area contributed by atoms with Crippen LogP contribution in [0.3, 0.4) is 0 Å². The van der Waals surface area contributed by atoms with Crippen LogP contribution < -0.4 is 0 Å². The van der Waals surface area contributed by atoms with Crippen molar-refractivity contribution in [1.82, 2.24) is 13.7 Å². The first-order chi connectivity index (χ1) is 34.1. The van der Waals surface area contributed by atoms with Crippen LogP contribution in [0, 0.1) is 0 Å². The molecule has 0 spiro atoms. The van der Waals surface area contributed by atoms with Crippen molar-refractivity contribution in [3.63, 3.8) is 0 Å². The minimum atomic E-state index is -0.867. The van der Waals surface area contributed by atoms with Crippen LogP contribution in [0.4, 0.5) is 0 Å². The molecule has 11 rings (SSSR count). The van der Waals surface area contributed by atoms with Gasteiger partial charge in [0.05, 0.1) is 61.9 Å². The first-order valence-corrected chi connectivity index (χ1v) is 15.8. The minimum Gasteiger partial charge on any atom is -0.309 e. The third-order valence-electron chi connectivity index (χ3n) is 9.06. The van der Waals surface area contributed by atoms with Gasteiger partial charge in [0.1, 0.15) is 0 Å². The quantitative estimate of drug-likeness (QED) is 0.177. The van der Waals surface area contributed by atoms with Gasteiger partial charge in [-0.05, 0) is 83.7 Å². The SMILES string of the molecule is [2H]c1cc2c3c([2H])c([2H])c([2H])c([2H])c3n(-c3c([2H])c([2H])c4c(c3[2H])c3c([2H])c([2H])c([2H])c([2H])c3n4-c3c([2H])c([2H])c4c(c3[2H])c3c([2H])c([2H])c([2H])c([2H])c3n4-c3cccc(-c4ccccc4)c3)c2c([2H])c1[2H]. The fourth-order valence-electron chi connectivity index (χ4n) is 6.88. The molecule has 0 radical (unpaired) electrons. The molecule has 0 aliphatic carbocycles. The van der Waals surface area contributed by atoms with Crippen LogP contribution in [0.25, 0.3) is 93.6 Å². The lowest BCUT2D eigenvalue weighted by molar-refractivity contribution is 1.16. The van der Waals surface area contributed by atoms with E-state index in [-0.39, 0.29) is 43.6 Å². The molecule has 0 aliphatic heterocycles. The average molecular weight is 671 g/mol. The highest BCUT2D eigenvalue weighted by Gasteiger charge is 2.18. The van der Waals surface area contributed by atoms with Gasteiger partial charge < -0.3 is 13.7 Å². The molecule has 8 aromatic carbocycles. The maximum Gasteiger partial charge on any atom is 0.0652 e. The summed E-state index contributed by atoms with van der Waals surface area (Å²) in [6.45, 7) is 0. The van der Waals surface area contributed by atoms with Crippen LogP contribution in [0.2, 0.25) is 0 Å². The van der Waals surface area contributed by atoms with Crippen molar-refractivity contribution in [2.75, 3.05) is 0 Å². The van der Waals surface area contributed by atoms with E-state index in [9.17, 15) is 13.7 Å². The normalized spacial score (nSPS) is 17.7. The van der Waals surface area contributed by atoms with Gasteiger partial charge in [-0.15, -0.1) is 0 Å².